The zero-order chi connectivity index (χ0) is 20.7. The van der Waals surface area contributed by atoms with E-state index in [1.165, 1.54) is 20.9 Å². The summed E-state index contributed by atoms with van der Waals surface area (Å²) in [6.07, 6.45) is 3.67. The molecule has 0 radical (unpaired) electrons. The Hall–Kier alpha value is -3.25. The van der Waals surface area contributed by atoms with Gasteiger partial charge in [0.1, 0.15) is 5.57 Å². The number of hydrogen-bond acceptors (Lipinski definition) is 3. The molecule has 0 unspecified atom stereocenters. The van der Waals surface area contributed by atoms with Gasteiger partial charge in [0.15, 0.2) is 5.11 Å². The van der Waals surface area contributed by atoms with E-state index in [2.05, 4.69) is 29.7 Å². The van der Waals surface area contributed by atoms with Crippen LogP contribution in [0.5, 0.6) is 0 Å². The van der Waals surface area contributed by atoms with Crippen LogP contribution in [0.3, 0.4) is 0 Å². The van der Waals surface area contributed by atoms with Crippen molar-refractivity contribution in [3.63, 3.8) is 0 Å². The minimum absolute atomic E-state index is 0.113. The third kappa shape index (κ3) is 3.36. The summed E-state index contributed by atoms with van der Waals surface area (Å²) in [6.45, 7) is 2.78. The molecule has 1 aliphatic heterocycles. The molecule has 5 nitrogen and oxygen atoms in total. The third-order valence-corrected chi connectivity index (χ3v) is 5.75. The number of benzene rings is 2. The molecule has 2 amide bonds. The summed E-state index contributed by atoms with van der Waals surface area (Å²) in [5.41, 5.74) is 4.40. The summed E-state index contributed by atoms with van der Waals surface area (Å²) in [7, 11) is 3.17. The summed E-state index contributed by atoms with van der Waals surface area (Å²) < 4.78 is 2.15. The van der Waals surface area contributed by atoms with Gasteiger partial charge in [-0.2, -0.15) is 0 Å². The molecule has 1 aliphatic rings. The lowest BCUT2D eigenvalue weighted by Gasteiger charge is -2.31. The van der Waals surface area contributed by atoms with Crippen LogP contribution in [-0.4, -0.2) is 45.4 Å². The number of aryl methyl sites for hydroxylation is 1. The van der Waals surface area contributed by atoms with Gasteiger partial charge in [0.25, 0.3) is 11.8 Å². The van der Waals surface area contributed by atoms with Crippen molar-refractivity contribution in [2.45, 2.75) is 13.5 Å². The first-order valence-electron chi connectivity index (χ1n) is 9.32. The Morgan fingerprint density at radius 3 is 2.34 bits per heavy atom. The summed E-state index contributed by atoms with van der Waals surface area (Å²) >= 11 is 5.17. The Morgan fingerprint density at radius 1 is 0.966 bits per heavy atom. The number of carbonyl (C=O) groups excluding carboxylic acids is 2. The van der Waals surface area contributed by atoms with Crippen molar-refractivity contribution >= 4 is 46.1 Å². The number of hydrogen-bond donors (Lipinski definition) is 0. The van der Waals surface area contributed by atoms with E-state index in [0.29, 0.717) is 6.54 Å². The highest BCUT2D eigenvalue weighted by Gasteiger charge is 2.35. The van der Waals surface area contributed by atoms with E-state index in [1.54, 1.807) is 20.2 Å². The summed E-state index contributed by atoms with van der Waals surface area (Å²) in [5.74, 6) is -0.762. The highest BCUT2D eigenvalue weighted by molar-refractivity contribution is 7.80. The van der Waals surface area contributed by atoms with Gasteiger partial charge in [-0.3, -0.25) is 19.4 Å². The maximum atomic E-state index is 12.7. The van der Waals surface area contributed by atoms with Crippen LogP contribution in [-0.2, 0) is 16.1 Å². The molecule has 2 heterocycles. The molecule has 0 N–H and O–H groups in total. The van der Waals surface area contributed by atoms with Crippen molar-refractivity contribution in [1.29, 1.82) is 0 Å². The first-order chi connectivity index (χ1) is 13.9. The minimum atomic E-state index is -0.381. The fourth-order valence-corrected chi connectivity index (χ4v) is 3.82. The lowest BCUT2D eigenvalue weighted by atomic mass is 10.1. The topological polar surface area (TPSA) is 45.6 Å². The lowest BCUT2D eigenvalue weighted by molar-refractivity contribution is -0.132. The molecule has 0 saturated carbocycles. The van der Waals surface area contributed by atoms with E-state index in [9.17, 15) is 9.59 Å². The molecule has 29 heavy (non-hydrogen) atoms. The van der Waals surface area contributed by atoms with Crippen LogP contribution in [0.15, 0.2) is 60.3 Å². The van der Waals surface area contributed by atoms with Crippen LogP contribution in [0.4, 0.5) is 0 Å². The van der Waals surface area contributed by atoms with Crippen molar-refractivity contribution in [2.75, 3.05) is 14.1 Å². The summed E-state index contributed by atoms with van der Waals surface area (Å²) in [5, 5.41) is 1.20. The molecule has 1 fully saturated rings. The molecule has 146 valence electrons. The van der Waals surface area contributed by atoms with Gasteiger partial charge in [-0.1, -0.05) is 48.0 Å². The number of rotatable bonds is 3. The van der Waals surface area contributed by atoms with E-state index >= 15 is 0 Å². The Balaban J connectivity index is 1.81. The zero-order valence-corrected chi connectivity index (χ0v) is 17.4. The largest absolute Gasteiger partial charge is 0.342 e. The van der Waals surface area contributed by atoms with Crippen LogP contribution < -0.4 is 0 Å². The predicted molar refractivity (Wildman–Crippen MR) is 118 cm³/mol. The standard InChI is InChI=1S/C23H21N3O2S/c1-15-7-6-8-16(11-15)13-26-14-17(18-9-4-5-10-20(18)26)12-19-21(27)24(2)23(29)25(3)22(19)28/h4-12,14H,13H2,1-3H3. The summed E-state index contributed by atoms with van der Waals surface area (Å²) in [4.78, 5) is 28.0. The number of aromatic nitrogens is 1. The molecular weight excluding hydrogens is 382 g/mol. The molecular formula is C23H21N3O2S. The van der Waals surface area contributed by atoms with Crippen LogP contribution >= 0.6 is 12.2 Å². The zero-order valence-electron chi connectivity index (χ0n) is 16.5. The van der Waals surface area contributed by atoms with Crippen molar-refractivity contribution in [1.82, 2.24) is 14.4 Å². The first kappa shape index (κ1) is 19.1. The van der Waals surface area contributed by atoms with Crippen LogP contribution in [0.1, 0.15) is 16.7 Å². The lowest BCUT2D eigenvalue weighted by Crippen LogP contribution is -2.52. The van der Waals surface area contributed by atoms with Gasteiger partial charge in [-0.05, 0) is 36.8 Å². The fourth-order valence-electron chi connectivity index (χ4n) is 3.66. The molecule has 6 heteroatoms. The molecule has 0 spiro atoms. The number of likely N-dealkylation sites (N-methyl/N-ethyl adjacent to an activating group) is 2. The Bertz CT molecular complexity index is 1170. The maximum Gasteiger partial charge on any atom is 0.265 e. The molecule has 2 aromatic carbocycles. The van der Waals surface area contributed by atoms with E-state index in [1.807, 2.05) is 36.5 Å². The molecule has 0 atom stereocenters. The quantitative estimate of drug-likeness (QED) is 0.381. The molecule has 1 aromatic heterocycles. The summed E-state index contributed by atoms with van der Waals surface area (Å²) in [6, 6.07) is 16.4. The van der Waals surface area contributed by atoms with Gasteiger partial charge in [0.05, 0.1) is 0 Å². The maximum absolute atomic E-state index is 12.7. The van der Waals surface area contributed by atoms with E-state index in [4.69, 9.17) is 12.2 Å². The molecule has 0 aliphatic carbocycles. The molecule has 3 aromatic rings. The van der Waals surface area contributed by atoms with Crippen LogP contribution in [0.2, 0.25) is 0 Å². The number of amides is 2. The predicted octanol–water partition coefficient (Wildman–Crippen LogP) is 3.60. The molecule has 4 rings (SSSR count). The third-order valence-electron chi connectivity index (χ3n) is 5.20. The average Bonchev–Trinajstić information content (AvgIpc) is 3.06. The van der Waals surface area contributed by atoms with E-state index < -0.39 is 0 Å². The van der Waals surface area contributed by atoms with E-state index in [-0.39, 0.29) is 22.5 Å². The first-order valence-corrected chi connectivity index (χ1v) is 9.73. The Labute approximate surface area is 174 Å². The van der Waals surface area contributed by atoms with Gasteiger partial charge in [0, 0.05) is 43.3 Å². The Kier molecular flexibility index (Phi) is 4.80. The number of thiocarbonyl (C=S) groups is 1. The van der Waals surface area contributed by atoms with Crippen LogP contribution in [0.25, 0.3) is 17.0 Å². The van der Waals surface area contributed by atoms with Crippen molar-refractivity contribution in [3.8, 4) is 0 Å². The van der Waals surface area contributed by atoms with E-state index in [0.717, 1.165) is 16.5 Å². The number of nitrogens with zero attached hydrogens (tertiary/aromatic N) is 3. The second kappa shape index (κ2) is 7.29. The highest BCUT2D eigenvalue weighted by Crippen LogP contribution is 2.26. The fraction of sp³-hybridized carbons (Fsp3) is 0.174. The van der Waals surface area contributed by atoms with Gasteiger partial charge >= 0.3 is 0 Å². The van der Waals surface area contributed by atoms with Gasteiger partial charge < -0.3 is 4.57 Å². The molecule has 1 saturated heterocycles. The van der Waals surface area contributed by atoms with Crippen molar-refractivity contribution in [2.24, 2.45) is 0 Å². The number of fused-ring (bicyclic) bond motifs is 1. The second-order valence-electron chi connectivity index (χ2n) is 7.29. The van der Waals surface area contributed by atoms with Gasteiger partial charge in [0.2, 0.25) is 0 Å². The molecule has 0 bridgehead atoms. The Morgan fingerprint density at radius 2 is 1.66 bits per heavy atom. The SMILES string of the molecule is Cc1cccc(Cn2cc(C=C3C(=O)N(C)C(=S)N(C)C3=O)c3ccccc32)c1. The van der Waals surface area contributed by atoms with Crippen LogP contribution in [0, 0.1) is 6.92 Å². The highest BCUT2D eigenvalue weighted by atomic mass is 32.1. The van der Waals surface area contributed by atoms with Crippen molar-refractivity contribution in [3.05, 3.63) is 77.0 Å². The number of para-hydroxylation sites is 1. The second-order valence-corrected chi connectivity index (χ2v) is 7.65. The smallest absolute Gasteiger partial charge is 0.265 e. The van der Waals surface area contributed by atoms with Gasteiger partial charge in [-0.15, -0.1) is 0 Å². The monoisotopic (exact) mass is 403 g/mol. The average molecular weight is 404 g/mol. The normalized spacial score (nSPS) is 14.9. The minimum Gasteiger partial charge on any atom is -0.342 e. The van der Waals surface area contributed by atoms with Crippen molar-refractivity contribution < 1.29 is 9.59 Å². The van der Waals surface area contributed by atoms with Gasteiger partial charge in [-0.25, -0.2) is 0 Å². The number of carbonyl (C=O) groups is 2.